The minimum absolute atomic E-state index is 0.0763. The van der Waals surface area contributed by atoms with Crippen molar-refractivity contribution in [2.24, 2.45) is 5.73 Å². The van der Waals surface area contributed by atoms with Gasteiger partial charge >= 0.3 is 0 Å². The fourth-order valence-corrected chi connectivity index (χ4v) is 2.26. The first kappa shape index (κ1) is 15.3. The SMILES string of the molecule is NCCCCCCC(=O)Nc1cccc(-n2cccc2)c1. The number of hydrogen-bond donors (Lipinski definition) is 2. The molecule has 0 fully saturated rings. The van der Waals surface area contributed by atoms with Crippen molar-refractivity contribution in [3.05, 3.63) is 48.8 Å². The zero-order valence-electron chi connectivity index (χ0n) is 12.3. The van der Waals surface area contributed by atoms with Crippen LogP contribution in [0.5, 0.6) is 0 Å². The number of amides is 1. The van der Waals surface area contributed by atoms with Gasteiger partial charge in [-0.15, -0.1) is 0 Å². The Balaban J connectivity index is 1.82. The summed E-state index contributed by atoms with van der Waals surface area (Å²) in [6.45, 7) is 0.735. The van der Waals surface area contributed by atoms with Crippen LogP contribution in [0.2, 0.25) is 0 Å². The Morgan fingerprint density at radius 1 is 1.05 bits per heavy atom. The highest BCUT2D eigenvalue weighted by Crippen LogP contribution is 2.15. The highest BCUT2D eigenvalue weighted by Gasteiger charge is 2.03. The number of rotatable bonds is 8. The number of nitrogens with two attached hydrogens (primary N) is 1. The molecular formula is C17H23N3O. The molecule has 0 aliphatic rings. The van der Waals surface area contributed by atoms with Crippen molar-refractivity contribution in [1.82, 2.24) is 4.57 Å². The van der Waals surface area contributed by atoms with E-state index in [4.69, 9.17) is 5.73 Å². The highest BCUT2D eigenvalue weighted by atomic mass is 16.1. The quantitative estimate of drug-likeness (QED) is 0.731. The molecule has 0 unspecified atom stereocenters. The van der Waals surface area contributed by atoms with Crippen molar-refractivity contribution in [2.45, 2.75) is 32.1 Å². The lowest BCUT2D eigenvalue weighted by molar-refractivity contribution is -0.116. The van der Waals surface area contributed by atoms with Gasteiger partial charge in [0, 0.05) is 30.2 Å². The average molecular weight is 285 g/mol. The maximum absolute atomic E-state index is 11.9. The van der Waals surface area contributed by atoms with Crippen LogP contribution >= 0.6 is 0 Å². The Labute approximate surface area is 126 Å². The first-order chi connectivity index (χ1) is 10.3. The standard InChI is InChI=1S/C17H23N3O/c18-11-4-2-1-3-10-17(21)19-15-8-7-9-16(14-15)20-12-5-6-13-20/h5-9,12-14H,1-4,10-11,18H2,(H,19,21). The number of carbonyl (C=O) groups is 1. The van der Waals surface area contributed by atoms with Crippen LogP contribution in [-0.4, -0.2) is 17.0 Å². The van der Waals surface area contributed by atoms with Crippen LogP contribution in [0.4, 0.5) is 5.69 Å². The second-order valence-corrected chi connectivity index (χ2v) is 5.14. The molecular weight excluding hydrogens is 262 g/mol. The van der Waals surface area contributed by atoms with E-state index in [9.17, 15) is 4.79 Å². The molecule has 1 amide bonds. The summed E-state index contributed by atoms with van der Waals surface area (Å²) in [6, 6.07) is 11.8. The smallest absolute Gasteiger partial charge is 0.224 e. The Bertz CT molecular complexity index is 549. The van der Waals surface area contributed by atoms with E-state index in [0.717, 1.165) is 43.6 Å². The third-order valence-electron chi connectivity index (χ3n) is 3.39. The number of benzene rings is 1. The van der Waals surface area contributed by atoms with Gasteiger partial charge in [0.05, 0.1) is 0 Å². The number of aromatic nitrogens is 1. The molecule has 0 spiro atoms. The molecule has 4 heteroatoms. The van der Waals surface area contributed by atoms with Crippen molar-refractivity contribution >= 4 is 11.6 Å². The van der Waals surface area contributed by atoms with Gasteiger partial charge in [-0.05, 0) is 49.7 Å². The van der Waals surface area contributed by atoms with Gasteiger partial charge in [0.1, 0.15) is 0 Å². The third kappa shape index (κ3) is 5.08. The Kier molecular flexibility index (Phi) is 6.03. The van der Waals surface area contributed by atoms with E-state index in [2.05, 4.69) is 5.32 Å². The van der Waals surface area contributed by atoms with E-state index in [1.165, 1.54) is 0 Å². The molecule has 2 rings (SSSR count). The second-order valence-electron chi connectivity index (χ2n) is 5.14. The molecule has 21 heavy (non-hydrogen) atoms. The summed E-state index contributed by atoms with van der Waals surface area (Å²) < 4.78 is 2.02. The van der Waals surface area contributed by atoms with Gasteiger partial charge in [-0.1, -0.05) is 18.9 Å². The van der Waals surface area contributed by atoms with Crippen LogP contribution in [0.1, 0.15) is 32.1 Å². The van der Waals surface area contributed by atoms with Gasteiger partial charge in [-0.25, -0.2) is 0 Å². The van der Waals surface area contributed by atoms with E-state index in [1.807, 2.05) is 53.4 Å². The van der Waals surface area contributed by atoms with Gasteiger partial charge in [0.15, 0.2) is 0 Å². The lowest BCUT2D eigenvalue weighted by Crippen LogP contribution is -2.11. The zero-order valence-corrected chi connectivity index (χ0v) is 12.3. The molecule has 0 saturated heterocycles. The molecule has 0 aliphatic heterocycles. The van der Waals surface area contributed by atoms with Gasteiger partial charge in [0.25, 0.3) is 0 Å². The third-order valence-corrected chi connectivity index (χ3v) is 3.39. The number of nitrogens with one attached hydrogen (secondary N) is 1. The lowest BCUT2D eigenvalue weighted by Gasteiger charge is -2.08. The molecule has 0 aliphatic carbocycles. The van der Waals surface area contributed by atoms with E-state index in [-0.39, 0.29) is 5.91 Å². The van der Waals surface area contributed by atoms with E-state index in [1.54, 1.807) is 0 Å². The maximum Gasteiger partial charge on any atom is 0.224 e. The van der Waals surface area contributed by atoms with E-state index >= 15 is 0 Å². The predicted molar refractivity (Wildman–Crippen MR) is 86.5 cm³/mol. The summed E-state index contributed by atoms with van der Waals surface area (Å²) in [6.07, 6.45) is 8.67. The lowest BCUT2D eigenvalue weighted by atomic mass is 10.1. The fraction of sp³-hybridized carbons (Fsp3) is 0.353. The van der Waals surface area contributed by atoms with Crippen molar-refractivity contribution in [3.8, 4) is 5.69 Å². The minimum Gasteiger partial charge on any atom is -0.330 e. The molecule has 1 aromatic heterocycles. The topological polar surface area (TPSA) is 60.1 Å². The number of carbonyl (C=O) groups excluding carboxylic acids is 1. The number of hydrogen-bond acceptors (Lipinski definition) is 2. The molecule has 1 aromatic carbocycles. The maximum atomic E-state index is 11.9. The van der Waals surface area contributed by atoms with Crippen molar-refractivity contribution in [1.29, 1.82) is 0 Å². The molecule has 0 bridgehead atoms. The summed E-state index contributed by atoms with van der Waals surface area (Å²) >= 11 is 0. The molecule has 0 radical (unpaired) electrons. The first-order valence-corrected chi connectivity index (χ1v) is 7.53. The molecule has 0 atom stereocenters. The van der Waals surface area contributed by atoms with E-state index < -0.39 is 0 Å². The Morgan fingerprint density at radius 3 is 2.57 bits per heavy atom. The van der Waals surface area contributed by atoms with Crippen molar-refractivity contribution in [2.75, 3.05) is 11.9 Å². The average Bonchev–Trinajstić information content (AvgIpc) is 3.01. The highest BCUT2D eigenvalue weighted by molar-refractivity contribution is 5.90. The first-order valence-electron chi connectivity index (χ1n) is 7.53. The molecule has 112 valence electrons. The molecule has 4 nitrogen and oxygen atoms in total. The number of anilines is 1. The van der Waals surface area contributed by atoms with Crippen molar-refractivity contribution < 1.29 is 4.79 Å². The molecule has 1 heterocycles. The molecule has 0 saturated carbocycles. The minimum atomic E-state index is 0.0763. The van der Waals surface area contributed by atoms with E-state index in [0.29, 0.717) is 6.42 Å². The van der Waals surface area contributed by atoms with Crippen LogP contribution in [0.3, 0.4) is 0 Å². The number of unbranched alkanes of at least 4 members (excludes halogenated alkanes) is 3. The summed E-state index contributed by atoms with van der Waals surface area (Å²) in [7, 11) is 0. The second kappa shape index (κ2) is 8.27. The van der Waals surface area contributed by atoms with Crippen LogP contribution < -0.4 is 11.1 Å². The van der Waals surface area contributed by atoms with Gasteiger partial charge in [-0.2, -0.15) is 0 Å². The van der Waals surface area contributed by atoms with Gasteiger partial charge in [0.2, 0.25) is 5.91 Å². The van der Waals surface area contributed by atoms with Gasteiger partial charge < -0.3 is 15.6 Å². The molecule has 2 aromatic rings. The van der Waals surface area contributed by atoms with Crippen LogP contribution in [0.15, 0.2) is 48.8 Å². The summed E-state index contributed by atoms with van der Waals surface area (Å²) in [4.78, 5) is 11.9. The normalized spacial score (nSPS) is 10.5. The Morgan fingerprint density at radius 2 is 1.81 bits per heavy atom. The monoisotopic (exact) mass is 285 g/mol. The van der Waals surface area contributed by atoms with Crippen molar-refractivity contribution in [3.63, 3.8) is 0 Å². The number of nitrogens with zero attached hydrogens (tertiary/aromatic N) is 1. The van der Waals surface area contributed by atoms with Crippen LogP contribution in [0, 0.1) is 0 Å². The van der Waals surface area contributed by atoms with Gasteiger partial charge in [-0.3, -0.25) is 4.79 Å². The largest absolute Gasteiger partial charge is 0.330 e. The van der Waals surface area contributed by atoms with Crippen LogP contribution in [0.25, 0.3) is 5.69 Å². The molecule has 3 N–H and O–H groups in total. The summed E-state index contributed by atoms with van der Waals surface area (Å²) in [5.74, 6) is 0.0763. The summed E-state index contributed by atoms with van der Waals surface area (Å²) in [5.41, 5.74) is 7.33. The summed E-state index contributed by atoms with van der Waals surface area (Å²) in [5, 5.41) is 2.96. The Hall–Kier alpha value is -2.07. The zero-order chi connectivity index (χ0) is 14.9. The van der Waals surface area contributed by atoms with Crippen LogP contribution in [-0.2, 0) is 4.79 Å². The predicted octanol–water partition coefficient (Wildman–Crippen LogP) is 3.33. The fourth-order valence-electron chi connectivity index (χ4n) is 2.26.